The van der Waals surface area contributed by atoms with Gasteiger partial charge in [0.25, 0.3) is 0 Å². The van der Waals surface area contributed by atoms with Crippen LogP contribution in [0.2, 0.25) is 0 Å². The van der Waals surface area contributed by atoms with E-state index >= 15 is 0 Å². The van der Waals surface area contributed by atoms with Crippen molar-refractivity contribution in [2.75, 3.05) is 11.5 Å². The van der Waals surface area contributed by atoms with Crippen molar-refractivity contribution in [2.45, 2.75) is 21.4 Å². The lowest BCUT2D eigenvalue weighted by Gasteiger charge is -2.12. The standard InChI is InChI=1S/C8H8O2S5/c1-4(9)10-5-2-12-6-7(13-3-5)15-8(11)14-6/h5H,2-3H2,1H3. The number of ether oxygens (including phenoxy) is 1. The van der Waals surface area contributed by atoms with E-state index in [-0.39, 0.29) is 12.1 Å². The van der Waals surface area contributed by atoms with E-state index < -0.39 is 0 Å². The van der Waals surface area contributed by atoms with Gasteiger partial charge in [-0.1, -0.05) is 12.2 Å². The lowest BCUT2D eigenvalue weighted by Crippen LogP contribution is -2.20. The normalized spacial score (nSPS) is 16.9. The molecule has 0 radical (unpaired) electrons. The monoisotopic (exact) mass is 296 g/mol. The summed E-state index contributed by atoms with van der Waals surface area (Å²) in [7, 11) is 0. The third-order valence-corrected chi connectivity index (χ3v) is 7.50. The minimum Gasteiger partial charge on any atom is -0.461 e. The van der Waals surface area contributed by atoms with Gasteiger partial charge in [0.2, 0.25) is 0 Å². The SMILES string of the molecule is CC(=O)OC1CSc2sc(=S)sc2SC1. The summed E-state index contributed by atoms with van der Waals surface area (Å²) >= 11 is 12.0. The van der Waals surface area contributed by atoms with Crippen molar-refractivity contribution >= 4 is 64.4 Å². The number of rotatable bonds is 1. The minimum absolute atomic E-state index is 0.0258. The highest BCUT2D eigenvalue weighted by Crippen LogP contribution is 2.43. The summed E-state index contributed by atoms with van der Waals surface area (Å²) in [6, 6.07) is 0. The Balaban J connectivity index is 2.06. The van der Waals surface area contributed by atoms with Crippen LogP contribution in [0, 0.1) is 3.14 Å². The number of hydrogen-bond acceptors (Lipinski definition) is 7. The highest BCUT2D eigenvalue weighted by molar-refractivity contribution is 8.06. The third-order valence-electron chi connectivity index (χ3n) is 1.65. The lowest BCUT2D eigenvalue weighted by molar-refractivity contribution is -0.144. The maximum Gasteiger partial charge on any atom is 0.302 e. The molecule has 0 saturated heterocycles. The molecule has 1 aliphatic heterocycles. The van der Waals surface area contributed by atoms with Gasteiger partial charge in [0.15, 0.2) is 0 Å². The van der Waals surface area contributed by atoms with Gasteiger partial charge in [-0.2, -0.15) is 0 Å². The van der Waals surface area contributed by atoms with Crippen molar-refractivity contribution in [1.82, 2.24) is 0 Å². The van der Waals surface area contributed by atoms with Crippen molar-refractivity contribution < 1.29 is 9.53 Å². The molecule has 0 atom stereocenters. The summed E-state index contributed by atoms with van der Waals surface area (Å²) in [5.74, 6) is 1.47. The summed E-state index contributed by atoms with van der Waals surface area (Å²) < 4.78 is 8.75. The third kappa shape index (κ3) is 3.20. The first-order chi connectivity index (χ1) is 7.15. The summed E-state index contributed by atoms with van der Waals surface area (Å²) in [4.78, 5) is 10.8. The molecule has 0 amide bonds. The molecule has 0 fully saturated rings. The quantitative estimate of drug-likeness (QED) is 0.582. The number of hydrogen-bond donors (Lipinski definition) is 0. The molecule has 0 aromatic carbocycles. The Morgan fingerprint density at radius 1 is 1.33 bits per heavy atom. The first kappa shape index (κ1) is 11.9. The average Bonchev–Trinajstić information content (AvgIpc) is 2.41. The molecule has 7 heteroatoms. The number of thioether (sulfide) groups is 2. The fourth-order valence-electron chi connectivity index (χ4n) is 1.12. The number of carbonyl (C=O) groups is 1. The smallest absolute Gasteiger partial charge is 0.302 e. The van der Waals surface area contributed by atoms with Crippen LogP contribution in [0.1, 0.15) is 6.92 Å². The molecular formula is C8H8O2S5. The molecule has 2 nitrogen and oxygen atoms in total. The van der Waals surface area contributed by atoms with E-state index in [9.17, 15) is 4.79 Å². The zero-order chi connectivity index (χ0) is 10.8. The Bertz CT molecular complexity index is 392. The zero-order valence-electron chi connectivity index (χ0n) is 7.85. The zero-order valence-corrected chi connectivity index (χ0v) is 11.9. The van der Waals surface area contributed by atoms with Crippen LogP contribution in [0.15, 0.2) is 8.42 Å². The summed E-state index contributed by atoms with van der Waals surface area (Å²) in [5, 5.41) is 0. The predicted molar refractivity (Wildman–Crippen MR) is 70.0 cm³/mol. The second kappa shape index (κ2) is 5.18. The average molecular weight is 296 g/mol. The van der Waals surface area contributed by atoms with Crippen molar-refractivity contribution in [3.8, 4) is 0 Å². The molecule has 82 valence electrons. The van der Waals surface area contributed by atoms with Crippen LogP contribution in [0.5, 0.6) is 0 Å². The molecule has 0 N–H and O–H groups in total. The van der Waals surface area contributed by atoms with E-state index in [0.717, 1.165) is 14.6 Å². The number of carbonyl (C=O) groups excluding carboxylic acids is 1. The number of esters is 1. The van der Waals surface area contributed by atoms with Gasteiger partial charge in [0.05, 0.1) is 8.42 Å². The molecular weight excluding hydrogens is 288 g/mol. The second-order valence-corrected chi connectivity index (χ2v) is 8.68. The van der Waals surface area contributed by atoms with Crippen LogP contribution in [0.25, 0.3) is 0 Å². The molecule has 0 spiro atoms. The summed E-state index contributed by atoms with van der Waals surface area (Å²) in [6.07, 6.45) is 0.0258. The van der Waals surface area contributed by atoms with E-state index in [1.54, 1.807) is 46.2 Å². The maximum atomic E-state index is 10.8. The Kier molecular flexibility index (Phi) is 4.11. The van der Waals surface area contributed by atoms with E-state index in [0.29, 0.717) is 0 Å². The Morgan fingerprint density at radius 3 is 2.33 bits per heavy atom. The Morgan fingerprint density at radius 2 is 1.87 bits per heavy atom. The van der Waals surface area contributed by atoms with Crippen LogP contribution in [0.4, 0.5) is 0 Å². The largest absolute Gasteiger partial charge is 0.461 e. The minimum atomic E-state index is -0.195. The van der Waals surface area contributed by atoms with E-state index in [2.05, 4.69) is 0 Å². The van der Waals surface area contributed by atoms with E-state index in [4.69, 9.17) is 17.0 Å². The van der Waals surface area contributed by atoms with E-state index in [1.165, 1.54) is 15.3 Å². The van der Waals surface area contributed by atoms with Gasteiger partial charge < -0.3 is 4.74 Å². The highest BCUT2D eigenvalue weighted by Gasteiger charge is 2.21. The van der Waals surface area contributed by atoms with Crippen LogP contribution >= 0.6 is 58.4 Å². The molecule has 0 aliphatic carbocycles. The van der Waals surface area contributed by atoms with Crippen LogP contribution in [0.3, 0.4) is 0 Å². The van der Waals surface area contributed by atoms with Gasteiger partial charge in [0.1, 0.15) is 9.24 Å². The fraction of sp³-hybridized carbons (Fsp3) is 0.500. The van der Waals surface area contributed by atoms with Gasteiger partial charge >= 0.3 is 5.97 Å². The van der Waals surface area contributed by atoms with Gasteiger partial charge in [-0.25, -0.2) is 0 Å². The van der Waals surface area contributed by atoms with Crippen molar-refractivity contribution in [1.29, 1.82) is 0 Å². The molecule has 1 aromatic heterocycles. The molecule has 15 heavy (non-hydrogen) atoms. The van der Waals surface area contributed by atoms with Crippen molar-refractivity contribution in [3.63, 3.8) is 0 Å². The predicted octanol–water partition coefficient (Wildman–Crippen LogP) is 3.67. The first-order valence-electron chi connectivity index (χ1n) is 4.22. The fourth-order valence-corrected chi connectivity index (χ4v) is 7.41. The maximum absolute atomic E-state index is 10.8. The molecule has 0 saturated carbocycles. The number of fused-ring (bicyclic) bond motifs is 1. The molecule has 2 rings (SSSR count). The van der Waals surface area contributed by atoms with Gasteiger partial charge in [0, 0.05) is 18.4 Å². The topological polar surface area (TPSA) is 26.3 Å². The molecule has 0 bridgehead atoms. The summed E-state index contributed by atoms with van der Waals surface area (Å²) in [5.41, 5.74) is 0. The van der Waals surface area contributed by atoms with Crippen LogP contribution in [-0.4, -0.2) is 23.6 Å². The Hall–Kier alpha value is 0.440. The van der Waals surface area contributed by atoms with Gasteiger partial charge in [-0.15, -0.1) is 46.2 Å². The molecule has 1 aromatic rings. The lowest BCUT2D eigenvalue weighted by atomic mass is 10.5. The molecule has 0 unspecified atom stereocenters. The highest BCUT2D eigenvalue weighted by atomic mass is 32.2. The second-order valence-electron chi connectivity index (χ2n) is 2.88. The van der Waals surface area contributed by atoms with E-state index in [1.807, 2.05) is 0 Å². The van der Waals surface area contributed by atoms with Gasteiger partial charge in [-0.3, -0.25) is 4.79 Å². The van der Waals surface area contributed by atoms with Crippen molar-refractivity contribution in [2.24, 2.45) is 0 Å². The van der Waals surface area contributed by atoms with Gasteiger partial charge in [-0.05, 0) is 0 Å². The molecule has 2 heterocycles. The van der Waals surface area contributed by atoms with Crippen molar-refractivity contribution in [3.05, 3.63) is 3.14 Å². The van der Waals surface area contributed by atoms with Crippen LogP contribution in [-0.2, 0) is 9.53 Å². The van der Waals surface area contributed by atoms with Crippen LogP contribution < -0.4 is 0 Å². The first-order valence-corrected chi connectivity index (χ1v) is 8.23. The summed E-state index contributed by atoms with van der Waals surface area (Å²) in [6.45, 7) is 1.46. The Labute approximate surface area is 109 Å². The molecule has 1 aliphatic rings.